The minimum atomic E-state index is -0.436. The van der Waals surface area contributed by atoms with Crippen molar-refractivity contribution in [3.8, 4) is 0 Å². The highest BCUT2D eigenvalue weighted by atomic mass is 16.2. The second-order valence-corrected chi connectivity index (χ2v) is 8.00. The number of nitrogens with zero attached hydrogens (tertiary/aromatic N) is 3. The summed E-state index contributed by atoms with van der Waals surface area (Å²) in [6.07, 6.45) is 3.99. The molecule has 0 saturated carbocycles. The van der Waals surface area contributed by atoms with Crippen LogP contribution >= 0.6 is 0 Å². The van der Waals surface area contributed by atoms with Crippen molar-refractivity contribution < 1.29 is 9.59 Å². The summed E-state index contributed by atoms with van der Waals surface area (Å²) in [6, 6.07) is 9.59. The molecule has 0 aliphatic carbocycles. The lowest BCUT2D eigenvalue weighted by atomic mass is 9.89. The maximum atomic E-state index is 12.9. The zero-order valence-electron chi connectivity index (χ0n) is 16.4. The quantitative estimate of drug-likeness (QED) is 0.884. The molecule has 2 amide bonds. The average molecular weight is 380 g/mol. The molecule has 3 heterocycles. The third-order valence-electron chi connectivity index (χ3n) is 6.26. The van der Waals surface area contributed by atoms with Crippen molar-refractivity contribution in [2.75, 3.05) is 26.2 Å². The van der Waals surface area contributed by atoms with E-state index in [4.69, 9.17) is 10.7 Å². The molecule has 148 valence electrons. The summed E-state index contributed by atoms with van der Waals surface area (Å²) in [5.74, 6) is -0.0605. The van der Waals surface area contributed by atoms with Crippen LogP contribution in [0.25, 0.3) is 10.9 Å². The number of likely N-dealkylation sites (tertiary alicyclic amines) is 2. The predicted molar refractivity (Wildman–Crippen MR) is 109 cm³/mol. The highest BCUT2D eigenvalue weighted by molar-refractivity contribution is 5.97. The Balaban J connectivity index is 1.49. The lowest BCUT2D eigenvalue weighted by Gasteiger charge is -2.35. The lowest BCUT2D eigenvalue weighted by Crippen LogP contribution is -2.48. The minimum absolute atomic E-state index is 0.0426. The fourth-order valence-corrected chi connectivity index (χ4v) is 4.56. The van der Waals surface area contributed by atoms with Crippen molar-refractivity contribution in [2.24, 2.45) is 5.73 Å². The first kappa shape index (κ1) is 18.9. The largest absolute Gasteiger partial charge is 0.366 e. The predicted octanol–water partition coefficient (Wildman–Crippen LogP) is 2.52. The monoisotopic (exact) mass is 380 g/mol. The molecule has 0 spiro atoms. The number of hydrogen-bond acceptors (Lipinski definition) is 4. The molecule has 2 aliphatic heterocycles. The topological polar surface area (TPSA) is 79.5 Å². The van der Waals surface area contributed by atoms with Gasteiger partial charge in [0.15, 0.2) is 0 Å². The van der Waals surface area contributed by atoms with Crippen molar-refractivity contribution in [1.82, 2.24) is 14.8 Å². The summed E-state index contributed by atoms with van der Waals surface area (Å²) in [4.78, 5) is 33.9. The second-order valence-electron chi connectivity index (χ2n) is 8.00. The van der Waals surface area contributed by atoms with Gasteiger partial charge in [-0.15, -0.1) is 0 Å². The smallest absolute Gasteiger partial charge is 0.250 e. The van der Waals surface area contributed by atoms with Gasteiger partial charge in [-0.1, -0.05) is 18.2 Å². The number of pyridine rings is 1. The van der Waals surface area contributed by atoms with Gasteiger partial charge in [0, 0.05) is 24.4 Å². The molecule has 1 unspecified atom stereocenters. The van der Waals surface area contributed by atoms with E-state index in [1.54, 1.807) is 0 Å². The van der Waals surface area contributed by atoms with Gasteiger partial charge in [0.25, 0.3) is 5.91 Å². The Kier molecular flexibility index (Phi) is 5.31. The van der Waals surface area contributed by atoms with Crippen LogP contribution in [0.3, 0.4) is 0 Å². The fraction of sp³-hybridized carbons (Fsp3) is 0.500. The SMILES string of the molecule is CC(C(=O)N1CCC(c2nc3ccccc3cc2C(N)=O)CC1)N1CCCC1. The zero-order chi connectivity index (χ0) is 19.7. The lowest BCUT2D eigenvalue weighted by molar-refractivity contribution is -0.137. The molecule has 6 nitrogen and oxygen atoms in total. The maximum absolute atomic E-state index is 12.9. The highest BCUT2D eigenvalue weighted by Crippen LogP contribution is 2.31. The second kappa shape index (κ2) is 7.87. The molecule has 28 heavy (non-hydrogen) atoms. The average Bonchev–Trinajstić information content (AvgIpc) is 3.26. The number of para-hydroxylation sites is 1. The fourth-order valence-electron chi connectivity index (χ4n) is 4.56. The standard InChI is InChI=1S/C22H28N4O2/c1-15(25-10-4-5-11-25)22(28)26-12-8-16(9-13-26)20-18(21(23)27)14-17-6-2-3-7-19(17)24-20/h2-3,6-7,14-16H,4-5,8-13H2,1H3,(H2,23,27). The van der Waals surface area contributed by atoms with E-state index in [0.29, 0.717) is 18.7 Å². The summed E-state index contributed by atoms with van der Waals surface area (Å²) in [5, 5.41) is 0.923. The number of aromatic nitrogens is 1. The van der Waals surface area contributed by atoms with Crippen LogP contribution in [-0.2, 0) is 4.79 Å². The summed E-state index contributed by atoms with van der Waals surface area (Å²) in [5.41, 5.74) is 7.82. The van der Waals surface area contributed by atoms with Crippen molar-refractivity contribution in [1.29, 1.82) is 0 Å². The normalized spacial score (nSPS) is 19.8. The Morgan fingerprint density at radius 3 is 2.46 bits per heavy atom. The Morgan fingerprint density at radius 1 is 1.11 bits per heavy atom. The number of nitrogens with two attached hydrogens (primary N) is 1. The van der Waals surface area contributed by atoms with Crippen LogP contribution in [0.2, 0.25) is 0 Å². The van der Waals surface area contributed by atoms with Crippen LogP contribution in [-0.4, -0.2) is 58.8 Å². The molecule has 2 aromatic rings. The number of rotatable bonds is 4. The van der Waals surface area contributed by atoms with Gasteiger partial charge in [0.2, 0.25) is 5.91 Å². The Bertz CT molecular complexity index is 883. The molecular weight excluding hydrogens is 352 g/mol. The third-order valence-corrected chi connectivity index (χ3v) is 6.26. The molecule has 2 fully saturated rings. The molecule has 2 saturated heterocycles. The zero-order valence-corrected chi connectivity index (χ0v) is 16.4. The molecule has 1 aromatic carbocycles. The van der Waals surface area contributed by atoms with Gasteiger partial charge >= 0.3 is 0 Å². The van der Waals surface area contributed by atoms with Gasteiger partial charge in [-0.2, -0.15) is 0 Å². The molecule has 1 aromatic heterocycles. The number of hydrogen-bond donors (Lipinski definition) is 1. The van der Waals surface area contributed by atoms with E-state index in [1.807, 2.05) is 42.2 Å². The van der Waals surface area contributed by atoms with Crippen LogP contribution < -0.4 is 5.73 Å². The van der Waals surface area contributed by atoms with Gasteiger partial charge in [-0.05, 0) is 57.8 Å². The Hall–Kier alpha value is -2.47. The number of carbonyl (C=O) groups is 2. The molecule has 0 radical (unpaired) electrons. The number of benzene rings is 1. The van der Waals surface area contributed by atoms with E-state index in [-0.39, 0.29) is 17.9 Å². The number of amides is 2. The highest BCUT2D eigenvalue weighted by Gasteiger charge is 2.32. The van der Waals surface area contributed by atoms with Gasteiger partial charge < -0.3 is 10.6 Å². The molecular formula is C22H28N4O2. The number of fused-ring (bicyclic) bond motifs is 1. The minimum Gasteiger partial charge on any atom is -0.366 e. The molecule has 0 bridgehead atoms. The van der Waals surface area contributed by atoms with E-state index in [9.17, 15) is 9.59 Å². The van der Waals surface area contributed by atoms with Gasteiger partial charge in [-0.3, -0.25) is 19.5 Å². The van der Waals surface area contributed by atoms with Crippen LogP contribution in [0.4, 0.5) is 0 Å². The van der Waals surface area contributed by atoms with Crippen LogP contribution in [0.1, 0.15) is 54.6 Å². The first-order valence-electron chi connectivity index (χ1n) is 10.3. The molecule has 2 N–H and O–H groups in total. The van der Waals surface area contributed by atoms with Crippen molar-refractivity contribution in [3.63, 3.8) is 0 Å². The molecule has 4 rings (SSSR count). The van der Waals surface area contributed by atoms with Crippen LogP contribution in [0.5, 0.6) is 0 Å². The summed E-state index contributed by atoms with van der Waals surface area (Å²) < 4.78 is 0. The van der Waals surface area contributed by atoms with E-state index in [0.717, 1.165) is 42.5 Å². The van der Waals surface area contributed by atoms with Gasteiger partial charge in [-0.25, -0.2) is 0 Å². The Morgan fingerprint density at radius 2 is 1.79 bits per heavy atom. The van der Waals surface area contributed by atoms with Crippen molar-refractivity contribution in [3.05, 3.63) is 41.6 Å². The summed E-state index contributed by atoms with van der Waals surface area (Å²) >= 11 is 0. The van der Waals surface area contributed by atoms with Gasteiger partial charge in [0.05, 0.1) is 22.8 Å². The first-order chi connectivity index (χ1) is 13.5. The summed E-state index contributed by atoms with van der Waals surface area (Å²) in [6.45, 7) is 5.47. The van der Waals surface area contributed by atoms with E-state index >= 15 is 0 Å². The summed E-state index contributed by atoms with van der Waals surface area (Å²) in [7, 11) is 0. The number of primary amides is 1. The third kappa shape index (κ3) is 3.61. The number of piperidine rings is 1. The van der Waals surface area contributed by atoms with E-state index in [1.165, 1.54) is 12.8 Å². The molecule has 6 heteroatoms. The van der Waals surface area contributed by atoms with Gasteiger partial charge in [0.1, 0.15) is 0 Å². The van der Waals surface area contributed by atoms with E-state index in [2.05, 4.69) is 4.90 Å². The van der Waals surface area contributed by atoms with Crippen LogP contribution in [0.15, 0.2) is 30.3 Å². The molecule has 1 atom stereocenters. The number of carbonyl (C=O) groups excluding carboxylic acids is 2. The maximum Gasteiger partial charge on any atom is 0.250 e. The van der Waals surface area contributed by atoms with Crippen LogP contribution in [0, 0.1) is 0 Å². The Labute approximate surface area is 165 Å². The molecule has 2 aliphatic rings. The van der Waals surface area contributed by atoms with E-state index < -0.39 is 5.91 Å². The first-order valence-corrected chi connectivity index (χ1v) is 10.3. The van der Waals surface area contributed by atoms with Crippen molar-refractivity contribution >= 4 is 22.7 Å². The van der Waals surface area contributed by atoms with Crippen molar-refractivity contribution in [2.45, 2.75) is 44.6 Å².